The molecule has 0 saturated carbocycles. The first kappa shape index (κ1) is 16.9. The van der Waals surface area contributed by atoms with Gasteiger partial charge in [0.1, 0.15) is 0 Å². The summed E-state index contributed by atoms with van der Waals surface area (Å²) in [6.07, 6.45) is 6.12. The van der Waals surface area contributed by atoms with Gasteiger partial charge in [0.15, 0.2) is 0 Å². The zero-order chi connectivity index (χ0) is 13.5. The van der Waals surface area contributed by atoms with Crippen LogP contribution in [0.4, 0.5) is 0 Å². The van der Waals surface area contributed by atoms with Crippen LogP contribution in [-0.4, -0.2) is 21.9 Å². The largest absolute Gasteiger partial charge is 0.390 e. The van der Waals surface area contributed by atoms with Crippen molar-refractivity contribution in [2.75, 3.05) is 0 Å². The summed E-state index contributed by atoms with van der Waals surface area (Å²) >= 11 is 0. The van der Waals surface area contributed by atoms with Gasteiger partial charge in [-0.05, 0) is 32.1 Å². The van der Waals surface area contributed by atoms with Crippen LogP contribution in [0.1, 0.15) is 73.1 Å². The highest BCUT2D eigenvalue weighted by molar-refractivity contribution is 4.78. The Hall–Kier alpha value is -0.0800. The van der Waals surface area contributed by atoms with Crippen LogP contribution < -0.4 is 0 Å². The van der Waals surface area contributed by atoms with Gasteiger partial charge in [0, 0.05) is 0 Å². The van der Waals surface area contributed by atoms with Gasteiger partial charge in [0.25, 0.3) is 0 Å². The standard InChI is InChI=1S/C15H32O2/c1-12(2)8-6-9-13(3)10-7-11-15(5,17)14(4)16/h12-14,16-17H,6-11H2,1-5H3. The van der Waals surface area contributed by atoms with Gasteiger partial charge < -0.3 is 10.2 Å². The Bertz CT molecular complexity index is 185. The lowest BCUT2D eigenvalue weighted by atomic mass is 9.89. The second-order valence-corrected chi connectivity index (χ2v) is 6.36. The molecule has 0 aliphatic rings. The van der Waals surface area contributed by atoms with Gasteiger partial charge in [-0.15, -0.1) is 0 Å². The molecule has 17 heavy (non-hydrogen) atoms. The number of aliphatic hydroxyl groups excluding tert-OH is 1. The fourth-order valence-electron chi connectivity index (χ4n) is 2.04. The molecule has 0 aromatic heterocycles. The number of hydrogen-bond donors (Lipinski definition) is 2. The third-order valence-electron chi connectivity index (χ3n) is 3.76. The van der Waals surface area contributed by atoms with Crippen molar-refractivity contribution < 1.29 is 10.2 Å². The van der Waals surface area contributed by atoms with Gasteiger partial charge >= 0.3 is 0 Å². The summed E-state index contributed by atoms with van der Waals surface area (Å²) in [5, 5.41) is 19.3. The average molecular weight is 244 g/mol. The van der Waals surface area contributed by atoms with Crippen molar-refractivity contribution in [3.05, 3.63) is 0 Å². The van der Waals surface area contributed by atoms with Crippen LogP contribution in [0.3, 0.4) is 0 Å². The molecule has 0 aliphatic carbocycles. The van der Waals surface area contributed by atoms with Crippen LogP contribution in [0.25, 0.3) is 0 Å². The van der Waals surface area contributed by atoms with E-state index >= 15 is 0 Å². The number of rotatable bonds is 9. The molecular formula is C15H32O2. The second-order valence-electron chi connectivity index (χ2n) is 6.36. The van der Waals surface area contributed by atoms with Crippen LogP contribution in [-0.2, 0) is 0 Å². The predicted molar refractivity (Wildman–Crippen MR) is 74.0 cm³/mol. The zero-order valence-electron chi connectivity index (χ0n) is 12.4. The van der Waals surface area contributed by atoms with E-state index in [9.17, 15) is 10.2 Å². The van der Waals surface area contributed by atoms with Crippen molar-refractivity contribution in [2.45, 2.75) is 84.8 Å². The van der Waals surface area contributed by atoms with E-state index in [0.717, 1.165) is 24.7 Å². The predicted octanol–water partition coefficient (Wildman–Crippen LogP) is 3.75. The molecule has 0 amide bonds. The van der Waals surface area contributed by atoms with E-state index in [4.69, 9.17) is 0 Å². The lowest BCUT2D eigenvalue weighted by molar-refractivity contribution is -0.0592. The molecule has 0 aromatic carbocycles. The Morgan fingerprint density at radius 3 is 1.94 bits per heavy atom. The molecular weight excluding hydrogens is 212 g/mol. The lowest BCUT2D eigenvalue weighted by Crippen LogP contribution is -2.36. The van der Waals surface area contributed by atoms with Gasteiger partial charge in [-0.3, -0.25) is 0 Å². The van der Waals surface area contributed by atoms with E-state index in [2.05, 4.69) is 20.8 Å². The molecule has 3 unspecified atom stereocenters. The highest BCUT2D eigenvalue weighted by Crippen LogP contribution is 2.22. The van der Waals surface area contributed by atoms with Crippen molar-refractivity contribution in [2.24, 2.45) is 11.8 Å². The van der Waals surface area contributed by atoms with Gasteiger partial charge in [0.2, 0.25) is 0 Å². The normalized spacial score (nSPS) is 19.1. The van der Waals surface area contributed by atoms with Crippen LogP contribution in [0.2, 0.25) is 0 Å². The maximum Gasteiger partial charge on any atom is 0.0874 e. The quantitative estimate of drug-likeness (QED) is 0.648. The Morgan fingerprint density at radius 2 is 1.47 bits per heavy atom. The molecule has 2 N–H and O–H groups in total. The fourth-order valence-corrected chi connectivity index (χ4v) is 2.04. The van der Waals surface area contributed by atoms with Crippen molar-refractivity contribution in [3.8, 4) is 0 Å². The first-order valence-electron chi connectivity index (χ1n) is 7.16. The maximum atomic E-state index is 9.90. The van der Waals surface area contributed by atoms with Gasteiger partial charge in [-0.25, -0.2) is 0 Å². The summed E-state index contributed by atoms with van der Waals surface area (Å²) in [7, 11) is 0. The molecule has 0 radical (unpaired) electrons. The highest BCUT2D eigenvalue weighted by Gasteiger charge is 2.25. The van der Waals surface area contributed by atoms with Crippen LogP contribution in [0.5, 0.6) is 0 Å². The zero-order valence-corrected chi connectivity index (χ0v) is 12.4. The Labute approximate surface area is 107 Å². The van der Waals surface area contributed by atoms with E-state index in [1.165, 1.54) is 19.3 Å². The molecule has 0 bridgehead atoms. The Kier molecular flexibility index (Phi) is 8.06. The molecule has 104 valence electrons. The van der Waals surface area contributed by atoms with Crippen molar-refractivity contribution in [1.29, 1.82) is 0 Å². The smallest absolute Gasteiger partial charge is 0.0874 e. The molecule has 0 fully saturated rings. The maximum absolute atomic E-state index is 9.90. The van der Waals surface area contributed by atoms with E-state index in [-0.39, 0.29) is 0 Å². The highest BCUT2D eigenvalue weighted by atomic mass is 16.3. The molecule has 0 aliphatic heterocycles. The fraction of sp³-hybridized carbons (Fsp3) is 1.00. The molecule has 0 spiro atoms. The summed E-state index contributed by atoms with van der Waals surface area (Å²) in [5.74, 6) is 1.54. The summed E-state index contributed by atoms with van der Waals surface area (Å²) in [5.41, 5.74) is -0.919. The summed E-state index contributed by atoms with van der Waals surface area (Å²) < 4.78 is 0. The van der Waals surface area contributed by atoms with Gasteiger partial charge in [-0.2, -0.15) is 0 Å². The van der Waals surface area contributed by atoms with Crippen molar-refractivity contribution in [3.63, 3.8) is 0 Å². The Balaban J connectivity index is 3.61. The van der Waals surface area contributed by atoms with E-state index in [0.29, 0.717) is 6.42 Å². The first-order valence-corrected chi connectivity index (χ1v) is 7.16. The topological polar surface area (TPSA) is 40.5 Å². The monoisotopic (exact) mass is 244 g/mol. The molecule has 3 atom stereocenters. The molecule has 0 rings (SSSR count). The minimum absolute atomic E-state index is 0.640. The number of hydrogen-bond acceptors (Lipinski definition) is 2. The van der Waals surface area contributed by atoms with Gasteiger partial charge in [0.05, 0.1) is 11.7 Å². The van der Waals surface area contributed by atoms with Crippen LogP contribution >= 0.6 is 0 Å². The molecule has 2 nitrogen and oxygen atoms in total. The van der Waals surface area contributed by atoms with Crippen molar-refractivity contribution in [1.82, 2.24) is 0 Å². The summed E-state index contributed by atoms with van der Waals surface area (Å²) in [6, 6.07) is 0. The second kappa shape index (κ2) is 8.10. The van der Waals surface area contributed by atoms with Crippen LogP contribution in [0.15, 0.2) is 0 Å². The van der Waals surface area contributed by atoms with Crippen molar-refractivity contribution >= 4 is 0 Å². The molecule has 0 saturated heterocycles. The molecule has 0 aromatic rings. The first-order chi connectivity index (χ1) is 7.75. The Morgan fingerprint density at radius 1 is 0.941 bits per heavy atom. The molecule has 2 heteroatoms. The van der Waals surface area contributed by atoms with Crippen LogP contribution in [0, 0.1) is 11.8 Å². The van der Waals surface area contributed by atoms with E-state index < -0.39 is 11.7 Å². The summed E-state index contributed by atoms with van der Waals surface area (Å²) in [6.45, 7) is 10.2. The number of aliphatic hydroxyl groups is 2. The minimum Gasteiger partial charge on any atom is -0.390 e. The van der Waals surface area contributed by atoms with E-state index in [1.807, 2.05) is 0 Å². The lowest BCUT2D eigenvalue weighted by Gasteiger charge is -2.26. The van der Waals surface area contributed by atoms with E-state index in [1.54, 1.807) is 13.8 Å². The third-order valence-corrected chi connectivity index (χ3v) is 3.76. The SMILES string of the molecule is CC(C)CCCC(C)CCCC(C)(O)C(C)O. The average Bonchev–Trinajstić information content (AvgIpc) is 2.16. The van der Waals surface area contributed by atoms with Gasteiger partial charge in [-0.1, -0.05) is 52.9 Å². The summed E-state index contributed by atoms with van der Waals surface area (Å²) in [4.78, 5) is 0. The third kappa shape index (κ3) is 8.62. The minimum atomic E-state index is -0.919. The molecule has 0 heterocycles.